The minimum atomic E-state index is -2.43. The van der Waals surface area contributed by atoms with Gasteiger partial charge in [0.15, 0.2) is 0 Å². The summed E-state index contributed by atoms with van der Waals surface area (Å²) in [5.74, 6) is 0. The monoisotopic (exact) mass is 345 g/mol. The van der Waals surface area contributed by atoms with E-state index in [1.807, 2.05) is 66.9 Å². The van der Waals surface area contributed by atoms with Crippen molar-refractivity contribution in [1.82, 2.24) is 5.32 Å². The molecule has 0 unspecified atom stereocenters. The quantitative estimate of drug-likeness (QED) is 0.772. The van der Waals surface area contributed by atoms with Crippen LogP contribution in [-0.4, -0.2) is 6.54 Å². The molecule has 0 atom stereocenters. The van der Waals surface area contributed by atoms with Crippen molar-refractivity contribution < 1.29 is 13.6 Å². The minimum Gasteiger partial charge on any atom is -0.391 e. The Morgan fingerprint density at radius 1 is 0.875 bits per heavy atom. The molecule has 2 aromatic rings. The molecule has 0 spiro atoms. The third-order valence-corrected chi connectivity index (χ3v) is 4.09. The molecule has 4 nitrogen and oxygen atoms in total. The first-order chi connectivity index (χ1) is 11.8. The average Bonchev–Trinajstić information content (AvgIpc) is 2.68. The van der Waals surface area contributed by atoms with Crippen molar-refractivity contribution in [2.75, 3.05) is 6.54 Å². The lowest BCUT2D eigenvalue weighted by molar-refractivity contribution is 0.213. The molecule has 3 rings (SSSR count). The fourth-order valence-electron chi connectivity index (χ4n) is 2.05. The molecule has 0 amide bonds. The Bertz CT molecular complexity index is 564. The Labute approximate surface area is 144 Å². The van der Waals surface area contributed by atoms with Gasteiger partial charge >= 0.3 is 8.25 Å². The summed E-state index contributed by atoms with van der Waals surface area (Å²) in [4.78, 5) is 0. The molecule has 0 radical (unpaired) electrons. The maximum atomic E-state index is 11.5. The number of nitrogens with one attached hydrogen (secondary N) is 1. The second-order valence-electron chi connectivity index (χ2n) is 5.30. The summed E-state index contributed by atoms with van der Waals surface area (Å²) in [5, 5.41) is 3.10. The standard InChI is InChI=1S/C14H15O3P.C5H9N/c15-18(16-11-13-7-3-1-4-8-13)17-12-14-9-5-2-6-10-14;1-2-4-6-5-3-1/h1-10,18H,11-12H2;2,4,6H,1,3,5H2. The van der Waals surface area contributed by atoms with E-state index in [-0.39, 0.29) is 0 Å². The average molecular weight is 345 g/mol. The molecule has 1 heterocycles. The third kappa shape index (κ3) is 8.11. The van der Waals surface area contributed by atoms with Gasteiger partial charge in [-0.25, -0.2) is 0 Å². The van der Waals surface area contributed by atoms with E-state index >= 15 is 0 Å². The van der Waals surface area contributed by atoms with Crippen LogP contribution in [0.1, 0.15) is 24.0 Å². The molecule has 0 saturated carbocycles. The maximum absolute atomic E-state index is 11.5. The zero-order valence-electron chi connectivity index (χ0n) is 13.7. The van der Waals surface area contributed by atoms with Gasteiger partial charge < -0.3 is 14.4 Å². The summed E-state index contributed by atoms with van der Waals surface area (Å²) in [6.07, 6.45) is 6.73. The van der Waals surface area contributed by atoms with Crippen molar-refractivity contribution in [2.45, 2.75) is 26.1 Å². The zero-order valence-corrected chi connectivity index (χ0v) is 14.7. The van der Waals surface area contributed by atoms with Crippen LogP contribution >= 0.6 is 8.25 Å². The van der Waals surface area contributed by atoms with Crippen LogP contribution in [0.4, 0.5) is 0 Å². The molecule has 1 aliphatic rings. The minimum absolute atomic E-state index is 0.313. The number of benzene rings is 2. The number of allylic oxidation sites excluding steroid dienone is 1. The number of hydrogen-bond acceptors (Lipinski definition) is 4. The predicted octanol–water partition coefficient (Wildman–Crippen LogP) is 4.69. The largest absolute Gasteiger partial charge is 0.391 e. The maximum Gasteiger partial charge on any atom is 0.319 e. The molecule has 0 saturated heterocycles. The Morgan fingerprint density at radius 3 is 1.75 bits per heavy atom. The fraction of sp³-hybridized carbons (Fsp3) is 0.263. The molecule has 0 aliphatic carbocycles. The third-order valence-electron chi connectivity index (χ3n) is 3.33. The summed E-state index contributed by atoms with van der Waals surface area (Å²) >= 11 is 0. The van der Waals surface area contributed by atoms with Crippen LogP contribution in [0.3, 0.4) is 0 Å². The molecular formula is C19H24NO3P. The van der Waals surface area contributed by atoms with E-state index < -0.39 is 8.25 Å². The Morgan fingerprint density at radius 2 is 1.42 bits per heavy atom. The van der Waals surface area contributed by atoms with Crippen LogP contribution in [0.5, 0.6) is 0 Å². The highest BCUT2D eigenvalue weighted by atomic mass is 31.1. The van der Waals surface area contributed by atoms with Crippen LogP contribution < -0.4 is 5.32 Å². The topological polar surface area (TPSA) is 47.6 Å². The van der Waals surface area contributed by atoms with Crippen LogP contribution in [0.15, 0.2) is 72.9 Å². The van der Waals surface area contributed by atoms with Crippen molar-refractivity contribution in [2.24, 2.45) is 0 Å². The first-order valence-electron chi connectivity index (χ1n) is 8.10. The van der Waals surface area contributed by atoms with E-state index in [1.165, 1.54) is 12.8 Å². The van der Waals surface area contributed by atoms with E-state index in [4.69, 9.17) is 9.05 Å². The van der Waals surface area contributed by atoms with E-state index in [2.05, 4.69) is 11.4 Å². The Kier molecular flexibility index (Phi) is 8.95. The Hall–Kier alpha value is -1.87. The predicted molar refractivity (Wildman–Crippen MR) is 97.8 cm³/mol. The normalized spacial score (nSPS) is 13.0. The summed E-state index contributed by atoms with van der Waals surface area (Å²) < 4.78 is 21.9. The van der Waals surface area contributed by atoms with Gasteiger partial charge in [0.05, 0.1) is 13.2 Å². The van der Waals surface area contributed by atoms with Gasteiger partial charge in [-0.1, -0.05) is 66.7 Å². The molecule has 128 valence electrons. The number of hydrogen-bond donors (Lipinski definition) is 1. The highest BCUT2D eigenvalue weighted by molar-refractivity contribution is 7.33. The highest BCUT2D eigenvalue weighted by Crippen LogP contribution is 2.27. The van der Waals surface area contributed by atoms with Crippen LogP contribution in [0, 0.1) is 0 Å². The van der Waals surface area contributed by atoms with Gasteiger partial charge in [0.1, 0.15) is 0 Å². The lowest BCUT2D eigenvalue weighted by Gasteiger charge is -2.05. The van der Waals surface area contributed by atoms with Crippen LogP contribution in [0.2, 0.25) is 0 Å². The number of rotatable bonds is 6. The van der Waals surface area contributed by atoms with Crippen molar-refractivity contribution in [3.8, 4) is 0 Å². The first-order valence-corrected chi connectivity index (χ1v) is 9.33. The van der Waals surface area contributed by atoms with E-state index in [9.17, 15) is 4.57 Å². The smallest absolute Gasteiger partial charge is 0.319 e. The molecule has 1 aliphatic heterocycles. The fourth-order valence-corrected chi connectivity index (χ4v) is 2.70. The first kappa shape index (κ1) is 18.5. The van der Waals surface area contributed by atoms with Crippen molar-refractivity contribution in [1.29, 1.82) is 0 Å². The second-order valence-corrected chi connectivity index (χ2v) is 6.37. The molecule has 0 aromatic heterocycles. The lowest BCUT2D eigenvalue weighted by Crippen LogP contribution is -2.09. The van der Waals surface area contributed by atoms with Crippen molar-refractivity contribution >= 4 is 8.25 Å². The molecular weight excluding hydrogens is 321 g/mol. The van der Waals surface area contributed by atoms with Crippen molar-refractivity contribution in [3.63, 3.8) is 0 Å². The molecule has 1 N–H and O–H groups in total. The summed E-state index contributed by atoms with van der Waals surface area (Å²) in [6, 6.07) is 19.2. The van der Waals surface area contributed by atoms with E-state index in [0.717, 1.165) is 17.7 Å². The van der Waals surface area contributed by atoms with Crippen molar-refractivity contribution in [3.05, 3.63) is 84.1 Å². The molecule has 5 heteroatoms. The SMILES string of the molecule is C1=CNCCC1.O=[PH](OCc1ccccc1)OCc1ccccc1. The van der Waals surface area contributed by atoms with Gasteiger partial charge in [-0.05, 0) is 30.2 Å². The van der Waals surface area contributed by atoms with Gasteiger partial charge in [0.2, 0.25) is 0 Å². The second kappa shape index (κ2) is 11.6. The van der Waals surface area contributed by atoms with Gasteiger partial charge in [0, 0.05) is 6.54 Å². The van der Waals surface area contributed by atoms with Gasteiger partial charge in [-0.2, -0.15) is 0 Å². The molecule has 2 aromatic carbocycles. The summed E-state index contributed by atoms with van der Waals surface area (Å²) in [7, 11) is -2.43. The summed E-state index contributed by atoms with van der Waals surface area (Å²) in [5.41, 5.74) is 1.97. The van der Waals surface area contributed by atoms with Gasteiger partial charge in [-0.3, -0.25) is 4.57 Å². The van der Waals surface area contributed by atoms with Crippen LogP contribution in [0.25, 0.3) is 0 Å². The van der Waals surface area contributed by atoms with Gasteiger partial charge in [0.25, 0.3) is 0 Å². The van der Waals surface area contributed by atoms with Crippen LogP contribution in [-0.2, 0) is 26.8 Å². The van der Waals surface area contributed by atoms with E-state index in [0.29, 0.717) is 13.2 Å². The lowest BCUT2D eigenvalue weighted by atomic mass is 10.2. The summed E-state index contributed by atoms with van der Waals surface area (Å²) in [6.45, 7) is 1.79. The molecule has 0 bridgehead atoms. The van der Waals surface area contributed by atoms with Gasteiger partial charge in [-0.15, -0.1) is 0 Å². The molecule has 24 heavy (non-hydrogen) atoms. The molecule has 0 fully saturated rings. The zero-order chi connectivity index (χ0) is 16.9. The highest BCUT2D eigenvalue weighted by Gasteiger charge is 2.01. The van der Waals surface area contributed by atoms with E-state index in [1.54, 1.807) is 0 Å². The Balaban J connectivity index is 0.000000292.